The Morgan fingerprint density at radius 2 is 2.11 bits per heavy atom. The molecule has 2 N–H and O–H groups in total. The number of amides is 2. The van der Waals surface area contributed by atoms with E-state index in [1.54, 1.807) is 0 Å². The molecule has 2 heterocycles. The molecule has 6 nitrogen and oxygen atoms in total. The lowest BCUT2D eigenvalue weighted by molar-refractivity contribution is -0.133. The summed E-state index contributed by atoms with van der Waals surface area (Å²) in [6.45, 7) is 3.41. The third-order valence-electron chi connectivity index (χ3n) is 3.92. The maximum atomic E-state index is 12.4. The molecule has 19 heavy (non-hydrogen) atoms. The Morgan fingerprint density at radius 1 is 1.32 bits per heavy atom. The average Bonchev–Trinajstić information content (AvgIpc) is 2.86. The molecule has 2 aliphatic heterocycles. The zero-order chi connectivity index (χ0) is 13.8. The van der Waals surface area contributed by atoms with Crippen LogP contribution in [0.3, 0.4) is 0 Å². The lowest BCUT2D eigenvalue weighted by Crippen LogP contribution is -2.51. The molecular weight excluding hydrogens is 246 g/mol. The van der Waals surface area contributed by atoms with Crippen LogP contribution in [0.2, 0.25) is 0 Å². The molecule has 0 aromatic carbocycles. The first-order chi connectivity index (χ1) is 9.10. The Balaban J connectivity index is 1.82. The number of ether oxygens (including phenoxy) is 1. The summed E-state index contributed by atoms with van der Waals surface area (Å²) < 4.78 is 4.57. The monoisotopic (exact) mass is 269 g/mol. The first-order valence-electron chi connectivity index (χ1n) is 6.99. The van der Waals surface area contributed by atoms with Gasteiger partial charge in [-0.05, 0) is 32.6 Å². The molecule has 2 amide bonds. The molecule has 2 rings (SSSR count). The van der Waals surface area contributed by atoms with Crippen molar-refractivity contribution < 1.29 is 14.3 Å². The highest BCUT2D eigenvalue weighted by molar-refractivity contribution is 5.82. The van der Waals surface area contributed by atoms with Crippen molar-refractivity contribution in [3.8, 4) is 0 Å². The zero-order valence-electron chi connectivity index (χ0n) is 11.6. The van der Waals surface area contributed by atoms with Crippen LogP contribution < -0.4 is 10.6 Å². The molecule has 3 atom stereocenters. The van der Waals surface area contributed by atoms with Crippen molar-refractivity contribution in [3.63, 3.8) is 0 Å². The van der Waals surface area contributed by atoms with Gasteiger partial charge >= 0.3 is 6.09 Å². The van der Waals surface area contributed by atoms with Crippen molar-refractivity contribution in [2.75, 3.05) is 20.2 Å². The Kier molecular flexibility index (Phi) is 4.63. The van der Waals surface area contributed by atoms with Crippen LogP contribution in [0.15, 0.2) is 0 Å². The second kappa shape index (κ2) is 6.23. The van der Waals surface area contributed by atoms with Crippen LogP contribution >= 0.6 is 0 Å². The van der Waals surface area contributed by atoms with Gasteiger partial charge in [0.2, 0.25) is 5.91 Å². The Morgan fingerprint density at radius 3 is 2.79 bits per heavy atom. The Bertz CT molecular complexity index is 348. The molecule has 108 valence electrons. The first-order valence-corrected chi connectivity index (χ1v) is 6.99. The number of rotatable bonds is 2. The van der Waals surface area contributed by atoms with Gasteiger partial charge in [-0.25, -0.2) is 4.79 Å². The molecule has 2 saturated heterocycles. The number of nitrogens with zero attached hydrogens (tertiary/aromatic N) is 1. The van der Waals surface area contributed by atoms with Gasteiger partial charge in [0, 0.05) is 19.1 Å². The molecule has 0 radical (unpaired) electrons. The van der Waals surface area contributed by atoms with Gasteiger partial charge in [0.05, 0.1) is 19.2 Å². The van der Waals surface area contributed by atoms with Gasteiger partial charge in [0.15, 0.2) is 0 Å². The fourth-order valence-corrected chi connectivity index (χ4v) is 2.86. The summed E-state index contributed by atoms with van der Waals surface area (Å²) in [7, 11) is 1.35. The second-order valence-electron chi connectivity index (χ2n) is 5.46. The minimum absolute atomic E-state index is 0.0115. The van der Waals surface area contributed by atoms with Crippen LogP contribution in [0.1, 0.15) is 32.6 Å². The summed E-state index contributed by atoms with van der Waals surface area (Å²) >= 11 is 0. The number of methoxy groups -OCH3 is 1. The van der Waals surface area contributed by atoms with E-state index in [0.29, 0.717) is 19.1 Å². The molecule has 0 aromatic rings. The van der Waals surface area contributed by atoms with Crippen molar-refractivity contribution in [1.29, 1.82) is 0 Å². The number of nitrogens with one attached hydrogen (secondary N) is 2. The highest BCUT2D eigenvalue weighted by Gasteiger charge is 2.33. The van der Waals surface area contributed by atoms with E-state index in [2.05, 4.69) is 22.3 Å². The van der Waals surface area contributed by atoms with Gasteiger partial charge < -0.3 is 20.3 Å². The topological polar surface area (TPSA) is 70.7 Å². The number of alkyl carbamates (subject to hydrolysis) is 1. The molecular formula is C13H23N3O3. The van der Waals surface area contributed by atoms with Gasteiger partial charge in [-0.15, -0.1) is 0 Å². The number of hydrogen-bond acceptors (Lipinski definition) is 4. The van der Waals surface area contributed by atoms with Crippen molar-refractivity contribution >= 4 is 12.0 Å². The third-order valence-corrected chi connectivity index (χ3v) is 3.92. The Labute approximate surface area is 113 Å². The van der Waals surface area contributed by atoms with Crippen LogP contribution in [0.4, 0.5) is 4.79 Å². The van der Waals surface area contributed by atoms with E-state index < -0.39 is 6.09 Å². The van der Waals surface area contributed by atoms with Gasteiger partial charge in [-0.1, -0.05) is 0 Å². The Hall–Kier alpha value is -1.30. The highest BCUT2D eigenvalue weighted by Crippen LogP contribution is 2.17. The van der Waals surface area contributed by atoms with Crippen molar-refractivity contribution in [3.05, 3.63) is 0 Å². The third kappa shape index (κ3) is 3.59. The molecule has 2 fully saturated rings. The predicted molar refractivity (Wildman–Crippen MR) is 70.8 cm³/mol. The molecule has 0 spiro atoms. The molecule has 3 unspecified atom stereocenters. The van der Waals surface area contributed by atoms with E-state index in [0.717, 1.165) is 25.7 Å². The fraction of sp³-hybridized carbons (Fsp3) is 0.846. The van der Waals surface area contributed by atoms with E-state index >= 15 is 0 Å². The van der Waals surface area contributed by atoms with Gasteiger partial charge in [-0.3, -0.25) is 4.79 Å². The smallest absolute Gasteiger partial charge is 0.407 e. The molecule has 0 saturated carbocycles. The summed E-state index contributed by atoms with van der Waals surface area (Å²) in [5.41, 5.74) is 0. The average molecular weight is 269 g/mol. The number of hydrogen-bond donors (Lipinski definition) is 2. The molecule has 0 aliphatic carbocycles. The highest BCUT2D eigenvalue weighted by atomic mass is 16.5. The maximum absolute atomic E-state index is 12.4. The van der Waals surface area contributed by atoms with Gasteiger partial charge in [-0.2, -0.15) is 0 Å². The van der Waals surface area contributed by atoms with E-state index in [1.165, 1.54) is 7.11 Å². The molecule has 0 aromatic heterocycles. The van der Waals surface area contributed by atoms with Crippen LogP contribution in [0.5, 0.6) is 0 Å². The van der Waals surface area contributed by atoms with Crippen molar-refractivity contribution in [1.82, 2.24) is 15.5 Å². The molecule has 0 bridgehead atoms. The molecule has 2 aliphatic rings. The zero-order valence-corrected chi connectivity index (χ0v) is 11.6. The number of likely N-dealkylation sites (tertiary alicyclic amines) is 1. The van der Waals surface area contributed by atoms with Crippen LogP contribution in [0.25, 0.3) is 0 Å². The second-order valence-corrected chi connectivity index (χ2v) is 5.46. The summed E-state index contributed by atoms with van der Waals surface area (Å²) in [4.78, 5) is 25.3. The van der Waals surface area contributed by atoms with Gasteiger partial charge in [0.25, 0.3) is 0 Å². The summed E-state index contributed by atoms with van der Waals surface area (Å²) in [6, 6.07) is 0.368. The summed E-state index contributed by atoms with van der Waals surface area (Å²) in [5, 5.41) is 6.11. The van der Waals surface area contributed by atoms with Crippen LogP contribution in [-0.4, -0.2) is 55.2 Å². The number of carbonyl (C=O) groups is 2. The first kappa shape index (κ1) is 14.1. The minimum atomic E-state index is -0.427. The number of piperidine rings is 1. The summed E-state index contributed by atoms with van der Waals surface area (Å²) in [5.74, 6) is 0.167. The van der Waals surface area contributed by atoms with Crippen LogP contribution in [0, 0.1) is 0 Å². The number of carbonyl (C=O) groups excluding carboxylic acids is 2. The maximum Gasteiger partial charge on any atom is 0.407 e. The van der Waals surface area contributed by atoms with Crippen LogP contribution in [-0.2, 0) is 9.53 Å². The quantitative estimate of drug-likeness (QED) is 0.764. The largest absolute Gasteiger partial charge is 0.453 e. The van der Waals surface area contributed by atoms with E-state index in [1.807, 2.05) is 4.90 Å². The van der Waals surface area contributed by atoms with E-state index in [9.17, 15) is 9.59 Å². The van der Waals surface area contributed by atoms with E-state index in [4.69, 9.17) is 0 Å². The standard InChI is InChI=1S/C13H23N3O3/c1-9-4-3-5-11(14-9)12(17)16-7-6-10(8-16)15-13(18)19-2/h9-11,14H,3-8H2,1-2H3,(H,15,18). The van der Waals surface area contributed by atoms with Crippen molar-refractivity contribution in [2.45, 2.75) is 50.7 Å². The fourth-order valence-electron chi connectivity index (χ4n) is 2.86. The lowest BCUT2D eigenvalue weighted by atomic mass is 9.99. The normalized spacial score (nSPS) is 31.1. The lowest BCUT2D eigenvalue weighted by Gasteiger charge is -2.31. The van der Waals surface area contributed by atoms with E-state index in [-0.39, 0.29) is 18.0 Å². The van der Waals surface area contributed by atoms with Crippen molar-refractivity contribution in [2.24, 2.45) is 0 Å². The van der Waals surface area contributed by atoms with Gasteiger partial charge in [0.1, 0.15) is 0 Å². The predicted octanol–water partition coefficient (Wildman–Crippen LogP) is 0.474. The minimum Gasteiger partial charge on any atom is -0.453 e. The summed E-state index contributed by atoms with van der Waals surface area (Å²) in [6.07, 6.45) is 3.51. The SMILES string of the molecule is COC(=O)NC1CCN(C(=O)C2CCCC(C)N2)C1. The molecule has 6 heteroatoms.